The van der Waals surface area contributed by atoms with Crippen molar-refractivity contribution in [3.63, 3.8) is 0 Å². The zero-order valence-corrected chi connectivity index (χ0v) is 33.8. The Kier molecular flexibility index (Phi) is 7.04. The molecule has 61 heavy (non-hydrogen) atoms. The molecule has 0 saturated carbocycles. The van der Waals surface area contributed by atoms with E-state index in [9.17, 15) is 0 Å². The number of hydrogen-bond acceptors (Lipinski definition) is 3. The van der Waals surface area contributed by atoms with E-state index in [4.69, 9.17) is 4.42 Å². The molecule has 4 nitrogen and oxygen atoms in total. The van der Waals surface area contributed by atoms with Crippen molar-refractivity contribution in [3.8, 4) is 27.9 Å². The zero-order chi connectivity index (χ0) is 40.4. The summed E-state index contributed by atoms with van der Waals surface area (Å²) >= 11 is 0. The predicted octanol–water partition coefficient (Wildman–Crippen LogP) is 15.9. The van der Waals surface area contributed by atoms with E-state index in [1.165, 1.54) is 44.1 Å². The molecule has 0 unspecified atom stereocenters. The summed E-state index contributed by atoms with van der Waals surface area (Å²) in [6.07, 6.45) is 0. The molecule has 0 atom stereocenters. The van der Waals surface area contributed by atoms with Gasteiger partial charge in [0.25, 0.3) is 0 Å². The average molecular weight is 782 g/mol. The van der Waals surface area contributed by atoms with Gasteiger partial charge in [0.1, 0.15) is 11.2 Å². The molecule has 0 saturated heterocycles. The van der Waals surface area contributed by atoms with Gasteiger partial charge in [0, 0.05) is 67.2 Å². The Morgan fingerprint density at radius 1 is 0.377 bits per heavy atom. The van der Waals surface area contributed by atoms with Crippen LogP contribution in [0.2, 0.25) is 0 Å². The van der Waals surface area contributed by atoms with E-state index in [1.807, 2.05) is 12.1 Å². The van der Waals surface area contributed by atoms with Crippen molar-refractivity contribution in [3.05, 3.63) is 211 Å². The molecule has 0 fully saturated rings. The Labute approximate surface area is 353 Å². The third-order valence-corrected chi connectivity index (χ3v) is 13.3. The first-order valence-corrected chi connectivity index (χ1v) is 21.1. The number of aromatic nitrogens is 1. The molecule has 288 valence electrons. The minimum absolute atomic E-state index is 0.182. The normalized spacial score (nSPS) is 13.8. The van der Waals surface area contributed by atoms with Gasteiger partial charge < -0.3 is 18.8 Å². The third-order valence-electron chi connectivity index (χ3n) is 13.3. The van der Waals surface area contributed by atoms with E-state index in [0.717, 1.165) is 72.9 Å². The van der Waals surface area contributed by atoms with Crippen LogP contribution in [0.5, 0.6) is 0 Å². The highest BCUT2D eigenvalue weighted by atomic mass is 16.3. The number of nitrogens with zero attached hydrogens (tertiary/aromatic N) is 3. The molecule has 9 aromatic carbocycles. The van der Waals surface area contributed by atoms with E-state index < -0.39 is 0 Å². The van der Waals surface area contributed by atoms with Gasteiger partial charge in [-0.3, -0.25) is 0 Å². The van der Waals surface area contributed by atoms with Crippen LogP contribution in [0, 0.1) is 0 Å². The van der Waals surface area contributed by atoms with Gasteiger partial charge >= 0.3 is 0 Å². The van der Waals surface area contributed by atoms with Crippen LogP contribution < -0.4 is 9.80 Å². The Hall–Kier alpha value is -7.82. The van der Waals surface area contributed by atoms with Crippen LogP contribution in [-0.4, -0.2) is 4.57 Å². The molecular weight excluding hydrogens is 743 g/mol. The van der Waals surface area contributed by atoms with Gasteiger partial charge in [-0.2, -0.15) is 0 Å². The van der Waals surface area contributed by atoms with Crippen LogP contribution in [0.25, 0.3) is 71.7 Å². The van der Waals surface area contributed by atoms with Crippen LogP contribution in [0.4, 0.5) is 34.1 Å². The molecular formula is C57H39N3O. The fourth-order valence-corrected chi connectivity index (χ4v) is 10.4. The highest BCUT2D eigenvalue weighted by Crippen LogP contribution is 2.54. The highest BCUT2D eigenvalue weighted by Gasteiger charge is 2.37. The largest absolute Gasteiger partial charge is 0.456 e. The van der Waals surface area contributed by atoms with Gasteiger partial charge in [-0.25, -0.2) is 0 Å². The van der Waals surface area contributed by atoms with Crippen LogP contribution >= 0.6 is 0 Å². The fourth-order valence-electron chi connectivity index (χ4n) is 10.4. The van der Waals surface area contributed by atoms with Gasteiger partial charge in [-0.1, -0.05) is 117 Å². The number of anilines is 6. The summed E-state index contributed by atoms with van der Waals surface area (Å²) in [5.41, 5.74) is 19.1. The Bertz CT molecular complexity index is 3590. The first kappa shape index (κ1) is 34.1. The molecule has 8 bridgehead atoms. The molecule has 0 amide bonds. The minimum Gasteiger partial charge on any atom is -0.456 e. The van der Waals surface area contributed by atoms with Crippen molar-refractivity contribution in [1.82, 2.24) is 4.57 Å². The SMILES string of the molecule is CC1(C)c2ccc3cc2-c2cc(ccc21)N(c1cccc2c4ccccc4n(-c4ccccc4)c12)c1cccc(c1)-c1cccc(c1)N3c1ccc2c(c1)oc1ccccc12. The van der Waals surface area contributed by atoms with Crippen molar-refractivity contribution in [1.29, 1.82) is 0 Å². The summed E-state index contributed by atoms with van der Waals surface area (Å²) in [6.45, 7) is 4.73. The molecule has 1 aliphatic carbocycles. The van der Waals surface area contributed by atoms with Gasteiger partial charge in [-0.05, 0) is 124 Å². The summed E-state index contributed by atoms with van der Waals surface area (Å²) < 4.78 is 8.90. The number of benzene rings is 9. The zero-order valence-electron chi connectivity index (χ0n) is 33.8. The van der Waals surface area contributed by atoms with E-state index >= 15 is 0 Å². The van der Waals surface area contributed by atoms with E-state index in [-0.39, 0.29) is 5.41 Å². The molecule has 11 aromatic rings. The molecule has 2 aliphatic rings. The van der Waals surface area contributed by atoms with Gasteiger partial charge in [0.2, 0.25) is 0 Å². The minimum atomic E-state index is -0.182. The predicted molar refractivity (Wildman–Crippen MR) is 254 cm³/mol. The first-order valence-electron chi connectivity index (χ1n) is 21.1. The summed E-state index contributed by atoms with van der Waals surface area (Å²) in [6, 6.07) is 73.5. The third kappa shape index (κ3) is 4.93. The maximum absolute atomic E-state index is 6.47. The van der Waals surface area contributed by atoms with Crippen molar-refractivity contribution in [2.75, 3.05) is 9.80 Å². The molecule has 1 aliphatic heterocycles. The van der Waals surface area contributed by atoms with Crippen molar-refractivity contribution < 1.29 is 4.42 Å². The van der Waals surface area contributed by atoms with E-state index in [0.29, 0.717) is 0 Å². The Morgan fingerprint density at radius 2 is 0.918 bits per heavy atom. The number of hydrogen-bond donors (Lipinski definition) is 0. The smallest absolute Gasteiger partial charge is 0.137 e. The highest BCUT2D eigenvalue weighted by molar-refractivity contribution is 6.14. The number of para-hydroxylation sites is 4. The molecule has 2 aromatic heterocycles. The molecule has 0 N–H and O–H groups in total. The summed E-state index contributed by atoms with van der Waals surface area (Å²) in [7, 11) is 0. The second-order valence-corrected chi connectivity index (χ2v) is 17.0. The van der Waals surface area contributed by atoms with Gasteiger partial charge in [0.15, 0.2) is 0 Å². The molecule has 13 rings (SSSR count). The van der Waals surface area contributed by atoms with Crippen LogP contribution in [0.3, 0.4) is 0 Å². The summed E-state index contributed by atoms with van der Waals surface area (Å²) in [5.74, 6) is 0. The van der Waals surface area contributed by atoms with Gasteiger partial charge in [0.05, 0.1) is 16.7 Å². The first-order chi connectivity index (χ1) is 30.0. The van der Waals surface area contributed by atoms with Gasteiger partial charge in [-0.15, -0.1) is 0 Å². The number of fused-ring (bicyclic) bond motifs is 13. The van der Waals surface area contributed by atoms with E-state index in [1.54, 1.807) is 0 Å². The lowest BCUT2D eigenvalue weighted by molar-refractivity contribution is 0.660. The van der Waals surface area contributed by atoms with Crippen molar-refractivity contribution in [2.24, 2.45) is 0 Å². The molecule has 0 spiro atoms. The lowest BCUT2D eigenvalue weighted by Crippen LogP contribution is -2.16. The fraction of sp³-hybridized carbons (Fsp3) is 0.0526. The standard InChI is InChI=1S/C57H39N3O/c1-57(2)50-29-26-41-33-48(50)49-34-42(27-30-51(49)57)59(53-23-12-21-47-44-19-6-8-22-52(44)60(56(47)53)38-15-4-3-5-16-38)40-18-11-14-37(32-40)36-13-10-17-39(31-36)58(41)43-25-28-46-45-20-7-9-24-54(45)61-55(46)35-43/h3-35H,1-2H3. The van der Waals surface area contributed by atoms with Crippen molar-refractivity contribution >= 4 is 77.9 Å². The maximum Gasteiger partial charge on any atom is 0.137 e. The molecule has 4 heteroatoms. The van der Waals surface area contributed by atoms with Crippen molar-refractivity contribution in [2.45, 2.75) is 19.3 Å². The quantitative estimate of drug-likeness (QED) is 0.178. The maximum atomic E-state index is 6.47. The molecule has 0 radical (unpaired) electrons. The second kappa shape index (κ2) is 12.6. The summed E-state index contributed by atoms with van der Waals surface area (Å²) in [4.78, 5) is 4.86. The second-order valence-electron chi connectivity index (χ2n) is 17.0. The topological polar surface area (TPSA) is 24.6 Å². The lowest BCUT2D eigenvalue weighted by Gasteiger charge is -2.29. The average Bonchev–Trinajstić information content (AvgIpc) is 3.92. The van der Waals surface area contributed by atoms with Crippen LogP contribution in [0.1, 0.15) is 25.0 Å². The van der Waals surface area contributed by atoms with E-state index in [2.05, 4.69) is 216 Å². The summed E-state index contributed by atoms with van der Waals surface area (Å²) in [5, 5.41) is 4.70. The number of furan rings is 1. The van der Waals surface area contributed by atoms with Crippen LogP contribution in [-0.2, 0) is 5.41 Å². The monoisotopic (exact) mass is 781 g/mol. The Balaban J connectivity index is 1.09. The van der Waals surface area contributed by atoms with Crippen LogP contribution in [0.15, 0.2) is 205 Å². The molecule has 3 heterocycles. The number of rotatable bonds is 3. The Morgan fingerprint density at radius 3 is 1.67 bits per heavy atom. The lowest BCUT2D eigenvalue weighted by atomic mass is 9.82.